The van der Waals surface area contributed by atoms with E-state index in [0.717, 1.165) is 0 Å². The van der Waals surface area contributed by atoms with Gasteiger partial charge in [0, 0.05) is 0 Å². The van der Waals surface area contributed by atoms with E-state index in [9.17, 15) is 0 Å². The molecule has 4 radical (unpaired) electrons. The zero-order valence-corrected chi connectivity index (χ0v) is 10.3. The lowest BCUT2D eigenvalue weighted by Gasteiger charge is -2.21. The Morgan fingerprint density at radius 2 is 0.529 bits per heavy atom. The van der Waals surface area contributed by atoms with Gasteiger partial charge in [-0.3, -0.25) is 0 Å². The van der Waals surface area contributed by atoms with Crippen molar-refractivity contribution in [2.24, 2.45) is 16.5 Å². The molecule has 0 spiro atoms. The molecule has 0 aliphatic rings. The third-order valence-corrected chi connectivity index (χ3v) is 0. The molecule has 0 rings (SSSR count). The van der Waals surface area contributed by atoms with Gasteiger partial charge in [-0.15, -0.1) is 0 Å². The van der Waals surface area contributed by atoms with Crippen LogP contribution in [-0.2, 0) is 13.7 Å². The quantitative estimate of drug-likeness (QED) is 0.350. The Balaban J connectivity index is -0.0000000400. The van der Waals surface area contributed by atoms with Crippen LogP contribution in [0.3, 0.4) is 0 Å². The summed E-state index contributed by atoms with van der Waals surface area (Å²) in [6.07, 6.45) is 0. The van der Waals surface area contributed by atoms with Gasteiger partial charge in [0.05, 0.1) is 0 Å². The van der Waals surface area contributed by atoms with E-state index in [4.69, 9.17) is 43.1 Å². The molecule has 0 unspecified atom stereocenters. The molecule has 0 aromatic carbocycles. The van der Waals surface area contributed by atoms with Crippen LogP contribution in [0.2, 0.25) is 0 Å². The SMILES string of the molecule is NP(=O)([O-])[O-].NP(=O)([O-])[O-].NP(=O)([O-])[O-].[N+3].[N+3]. The van der Waals surface area contributed by atoms with Gasteiger partial charge in [0.25, 0.3) is 0 Å². The molecule has 0 saturated heterocycles. The van der Waals surface area contributed by atoms with Crippen molar-refractivity contribution in [2.45, 2.75) is 0 Å². The molecule has 0 amide bonds. The van der Waals surface area contributed by atoms with Crippen LogP contribution in [0.4, 0.5) is 0 Å². The Morgan fingerprint density at radius 3 is 0.529 bits per heavy atom. The highest BCUT2D eigenvalue weighted by atomic mass is 31.2. The van der Waals surface area contributed by atoms with Crippen LogP contribution >= 0.6 is 23.2 Å². The van der Waals surface area contributed by atoms with Crippen LogP contribution < -0.4 is 58.2 Å². The van der Waals surface area contributed by atoms with Gasteiger partial charge in [0.15, 0.2) is 0 Å². The predicted molar refractivity (Wildman–Crippen MR) is 39.6 cm³/mol. The first-order valence-corrected chi connectivity index (χ1v) is 7.25. The molecule has 17 heteroatoms. The van der Waals surface area contributed by atoms with E-state index < -0.39 is 23.2 Å². The summed E-state index contributed by atoms with van der Waals surface area (Å²) in [5.74, 6) is 0. The summed E-state index contributed by atoms with van der Waals surface area (Å²) in [7, 11) is -13.9. The van der Waals surface area contributed by atoms with Crippen molar-refractivity contribution in [2.75, 3.05) is 0 Å². The van der Waals surface area contributed by atoms with E-state index in [1.165, 1.54) is 0 Å². The lowest BCUT2D eigenvalue weighted by Crippen LogP contribution is -2.20. The van der Waals surface area contributed by atoms with Gasteiger partial charge in [-0.05, 0) is 23.2 Å². The standard InChI is InChI=1S/3H4NO3P.2N/c3*1-5(2,3)4;;/h3*(H4,1,2,3,4);;/q;;;2*+3/p-6. The first-order valence-electron chi connectivity index (χ1n) is 2.42. The molecule has 0 fully saturated rings. The maximum atomic E-state index is 8.88. The Labute approximate surface area is 96.0 Å². The molecule has 0 saturated carbocycles. The van der Waals surface area contributed by atoms with E-state index in [1.54, 1.807) is 0 Å². The highest BCUT2D eigenvalue weighted by Crippen LogP contribution is 2.05. The van der Waals surface area contributed by atoms with Crippen LogP contribution in [0.5, 0.6) is 0 Å². The number of rotatable bonds is 0. The van der Waals surface area contributed by atoms with Crippen molar-refractivity contribution in [1.29, 1.82) is 0 Å². The number of hydrogen-bond acceptors (Lipinski definition) is 9. The molecule has 0 heterocycles. The van der Waals surface area contributed by atoms with Gasteiger partial charge in [-0.1, -0.05) is 0 Å². The summed E-state index contributed by atoms with van der Waals surface area (Å²) in [6.45, 7) is 0. The van der Waals surface area contributed by atoms with Crippen molar-refractivity contribution in [1.82, 2.24) is 12.3 Å². The molecular formula is H6N5O9P3. The van der Waals surface area contributed by atoms with Crippen LogP contribution in [0.25, 0.3) is 0 Å². The van der Waals surface area contributed by atoms with Crippen molar-refractivity contribution in [3.63, 3.8) is 0 Å². The summed E-state index contributed by atoms with van der Waals surface area (Å²) in [5.41, 5.74) is 11.4. The molecule has 0 atom stereocenters. The van der Waals surface area contributed by atoms with E-state index in [0.29, 0.717) is 0 Å². The molecule has 17 heavy (non-hydrogen) atoms. The second-order valence-electron chi connectivity index (χ2n) is 1.62. The monoisotopic (exact) mass is 313 g/mol. The first-order chi connectivity index (χ1) is 6.00. The second kappa shape index (κ2) is 10.9. The van der Waals surface area contributed by atoms with Crippen LogP contribution in [0.1, 0.15) is 0 Å². The smallest absolute Gasteiger partial charge is 0.799 e. The molecule has 0 aromatic heterocycles. The molecule has 0 aliphatic carbocycles. The average molecular weight is 313 g/mol. The fourth-order valence-corrected chi connectivity index (χ4v) is 0. The van der Waals surface area contributed by atoms with Gasteiger partial charge < -0.3 is 59.6 Å². The van der Waals surface area contributed by atoms with Crippen molar-refractivity contribution < 1.29 is 43.1 Å². The molecule has 6 N–H and O–H groups in total. The Hall–Kier alpha value is -0.250. The molecule has 0 aliphatic heterocycles. The predicted octanol–water partition coefficient (Wildman–Crippen LogP) is -7.64. The highest BCUT2D eigenvalue weighted by Gasteiger charge is 3.00. The Morgan fingerprint density at radius 1 is 0.529 bits per heavy atom. The zero-order chi connectivity index (χ0) is 13.5. The average Bonchev–Trinajstić information content (AvgIpc) is 1.41. The zero-order valence-electron chi connectivity index (χ0n) is 7.64. The van der Waals surface area contributed by atoms with E-state index in [2.05, 4.69) is 16.5 Å². The highest BCUT2D eigenvalue weighted by molar-refractivity contribution is 7.46. The van der Waals surface area contributed by atoms with E-state index >= 15 is 0 Å². The minimum Gasteiger partial charge on any atom is -0.799 e. The minimum atomic E-state index is -4.64. The van der Waals surface area contributed by atoms with Crippen molar-refractivity contribution in [3.8, 4) is 0 Å². The van der Waals surface area contributed by atoms with E-state index in [-0.39, 0.29) is 12.3 Å². The summed E-state index contributed by atoms with van der Waals surface area (Å²) in [5, 5.41) is 0. The topological polar surface area (TPSA) is 329 Å². The Bertz CT molecular complexity index is 211. The first kappa shape index (κ1) is 30.1. The van der Waals surface area contributed by atoms with Gasteiger partial charge in [0.2, 0.25) is 0 Å². The fraction of sp³-hybridized carbons (Fsp3) is 0. The number of nitrogens with zero attached hydrogens (tertiary/aromatic N) is 2. The minimum absolute atomic E-state index is 0. The van der Waals surface area contributed by atoms with Gasteiger partial charge in [-0.25, -0.2) is 0 Å². The molecular weight excluding hydrogens is 307 g/mol. The third-order valence-electron chi connectivity index (χ3n) is 0. The summed E-state index contributed by atoms with van der Waals surface area (Å²) >= 11 is 0. The normalized spacial score (nSPS) is 10.4. The van der Waals surface area contributed by atoms with E-state index in [1.807, 2.05) is 0 Å². The second-order valence-corrected chi connectivity index (χ2v) is 4.86. The maximum Gasteiger partial charge on any atom is 3.00 e. The largest absolute Gasteiger partial charge is 3.00 e. The van der Waals surface area contributed by atoms with Crippen LogP contribution in [-0.4, -0.2) is 0 Å². The van der Waals surface area contributed by atoms with Crippen molar-refractivity contribution >= 4 is 23.2 Å². The molecule has 14 nitrogen and oxygen atoms in total. The third kappa shape index (κ3) is 47600. The summed E-state index contributed by atoms with van der Waals surface area (Å²) < 4.78 is 26.6. The van der Waals surface area contributed by atoms with Crippen LogP contribution in [0, 0.1) is 0 Å². The summed E-state index contributed by atoms with van der Waals surface area (Å²) in [6, 6.07) is 0. The van der Waals surface area contributed by atoms with Gasteiger partial charge >= 0.3 is 12.3 Å². The maximum absolute atomic E-state index is 8.88. The van der Waals surface area contributed by atoms with Gasteiger partial charge in [-0.2, -0.15) is 0 Å². The Kier molecular flexibility index (Phi) is 19.3. The number of hydrogen-bond donors (Lipinski definition) is 3. The fourth-order valence-electron chi connectivity index (χ4n) is 0. The molecule has 0 bridgehead atoms. The number of nitrogens with two attached hydrogens (primary N) is 3. The van der Waals surface area contributed by atoms with Gasteiger partial charge in [0.1, 0.15) is 0 Å². The lowest BCUT2D eigenvalue weighted by atomic mass is 13.9. The summed E-state index contributed by atoms with van der Waals surface area (Å²) in [4.78, 5) is 53.3. The molecule has 0 aromatic rings. The molecule has 100 valence electrons. The van der Waals surface area contributed by atoms with Crippen LogP contribution in [0.15, 0.2) is 0 Å². The lowest BCUT2D eigenvalue weighted by molar-refractivity contribution is -0.315. The van der Waals surface area contributed by atoms with Crippen molar-refractivity contribution in [3.05, 3.63) is 0 Å².